The van der Waals surface area contributed by atoms with Gasteiger partial charge in [-0.3, -0.25) is 0 Å². The van der Waals surface area contributed by atoms with Crippen molar-refractivity contribution in [2.24, 2.45) is 0 Å². The summed E-state index contributed by atoms with van der Waals surface area (Å²) < 4.78 is 67.1. The molecule has 1 aromatic carbocycles. The summed E-state index contributed by atoms with van der Waals surface area (Å²) in [7, 11) is -6.23. The smallest absolute Gasteiger partial charge is 0.243 e. The molecule has 0 amide bonds. The maximum absolute atomic E-state index is 13.6. The van der Waals surface area contributed by atoms with Gasteiger partial charge < -0.3 is 4.74 Å². The maximum atomic E-state index is 13.6. The van der Waals surface area contributed by atoms with Crippen molar-refractivity contribution in [3.63, 3.8) is 0 Å². The summed E-state index contributed by atoms with van der Waals surface area (Å²) in [5.41, 5.74) is 0. The van der Waals surface area contributed by atoms with Crippen LogP contribution in [0, 0.1) is 5.82 Å². The SMILES string of the molecule is COCCCNS(=O)(=O)c1cc(S(C)(=O)=O)ccc1F. The third-order valence-corrected chi connectivity index (χ3v) is 5.02. The number of ether oxygens (including phenoxy) is 1. The Morgan fingerprint density at radius 2 is 1.90 bits per heavy atom. The van der Waals surface area contributed by atoms with Gasteiger partial charge in [0.25, 0.3) is 0 Å². The highest BCUT2D eigenvalue weighted by atomic mass is 32.2. The van der Waals surface area contributed by atoms with Crippen LogP contribution in [-0.4, -0.2) is 43.4 Å². The summed E-state index contributed by atoms with van der Waals surface area (Å²) in [4.78, 5) is -0.936. The predicted octanol–water partition coefficient (Wildman–Crippen LogP) is 0.544. The largest absolute Gasteiger partial charge is 0.385 e. The minimum absolute atomic E-state index is 0.0682. The normalized spacial score (nSPS) is 12.6. The van der Waals surface area contributed by atoms with E-state index in [1.54, 1.807) is 0 Å². The molecule has 0 aromatic heterocycles. The molecule has 6 nitrogen and oxygen atoms in total. The Morgan fingerprint density at radius 3 is 2.45 bits per heavy atom. The Labute approximate surface area is 117 Å². The van der Waals surface area contributed by atoms with Crippen LogP contribution >= 0.6 is 0 Å². The predicted molar refractivity (Wildman–Crippen MR) is 71.2 cm³/mol. The number of rotatable bonds is 7. The fourth-order valence-electron chi connectivity index (χ4n) is 1.42. The molecule has 0 radical (unpaired) electrons. The minimum Gasteiger partial charge on any atom is -0.385 e. The van der Waals surface area contributed by atoms with Crippen LogP contribution in [0.2, 0.25) is 0 Å². The zero-order chi connectivity index (χ0) is 15.4. The molecule has 0 spiro atoms. The first kappa shape index (κ1) is 17.0. The zero-order valence-corrected chi connectivity index (χ0v) is 12.7. The molecule has 0 bridgehead atoms. The van der Waals surface area contributed by atoms with E-state index in [0.29, 0.717) is 13.0 Å². The van der Waals surface area contributed by atoms with Crippen molar-refractivity contribution < 1.29 is 26.0 Å². The molecule has 1 aromatic rings. The van der Waals surface area contributed by atoms with Crippen LogP contribution in [0.25, 0.3) is 0 Å². The molecular formula is C11H16FNO5S2. The van der Waals surface area contributed by atoms with Gasteiger partial charge in [-0.05, 0) is 24.6 Å². The summed E-state index contributed by atoms with van der Waals surface area (Å²) in [5, 5.41) is 0. The molecule has 0 fully saturated rings. The third-order valence-electron chi connectivity index (χ3n) is 2.44. The van der Waals surface area contributed by atoms with E-state index in [0.717, 1.165) is 24.5 Å². The monoisotopic (exact) mass is 325 g/mol. The molecule has 9 heteroatoms. The van der Waals surface area contributed by atoms with Crippen molar-refractivity contribution in [1.82, 2.24) is 4.72 Å². The Kier molecular flexibility index (Phi) is 5.63. The van der Waals surface area contributed by atoms with Crippen molar-refractivity contribution >= 4 is 19.9 Å². The van der Waals surface area contributed by atoms with Crippen LogP contribution < -0.4 is 4.72 Å². The lowest BCUT2D eigenvalue weighted by atomic mass is 10.3. The number of halogens is 1. The molecular weight excluding hydrogens is 309 g/mol. The van der Waals surface area contributed by atoms with Gasteiger partial charge >= 0.3 is 0 Å². The van der Waals surface area contributed by atoms with Gasteiger partial charge in [-0.25, -0.2) is 25.9 Å². The van der Waals surface area contributed by atoms with Crippen molar-refractivity contribution in [3.05, 3.63) is 24.0 Å². The number of benzene rings is 1. The molecule has 114 valence electrons. The molecule has 0 aliphatic carbocycles. The summed E-state index contributed by atoms with van der Waals surface area (Å²) in [6.07, 6.45) is 1.34. The Morgan fingerprint density at radius 1 is 1.25 bits per heavy atom. The van der Waals surface area contributed by atoms with E-state index >= 15 is 0 Å². The van der Waals surface area contributed by atoms with Gasteiger partial charge in [-0.2, -0.15) is 0 Å². The van der Waals surface area contributed by atoms with Crippen molar-refractivity contribution in [2.75, 3.05) is 26.5 Å². The Balaban J connectivity index is 3.05. The summed E-state index contributed by atoms with van der Waals surface area (Å²) in [5.74, 6) is -1.00. The molecule has 0 aliphatic heterocycles. The van der Waals surface area contributed by atoms with Crippen LogP contribution in [0.5, 0.6) is 0 Å². The van der Waals surface area contributed by atoms with Gasteiger partial charge in [-0.15, -0.1) is 0 Å². The molecule has 0 saturated heterocycles. The molecule has 1 N–H and O–H groups in total. The van der Waals surface area contributed by atoms with Crippen LogP contribution in [0.4, 0.5) is 4.39 Å². The standard InChI is InChI=1S/C11H16FNO5S2/c1-18-7-3-6-13-20(16,17)11-8-9(19(2,14)15)4-5-10(11)12/h4-5,8,13H,3,6-7H2,1-2H3. The van der Waals surface area contributed by atoms with E-state index in [4.69, 9.17) is 4.74 Å². The van der Waals surface area contributed by atoms with Crippen molar-refractivity contribution in [3.8, 4) is 0 Å². The number of sulfonamides is 1. The fraction of sp³-hybridized carbons (Fsp3) is 0.455. The summed E-state index contributed by atoms with van der Waals surface area (Å²) in [6, 6.07) is 2.65. The zero-order valence-electron chi connectivity index (χ0n) is 11.1. The first-order chi connectivity index (χ1) is 9.18. The second-order valence-electron chi connectivity index (χ2n) is 4.11. The number of nitrogens with one attached hydrogen (secondary N) is 1. The molecule has 0 heterocycles. The number of hydrogen-bond donors (Lipinski definition) is 1. The van der Waals surface area contributed by atoms with E-state index in [1.165, 1.54) is 7.11 Å². The molecule has 0 saturated carbocycles. The maximum Gasteiger partial charge on any atom is 0.243 e. The topological polar surface area (TPSA) is 89.5 Å². The van der Waals surface area contributed by atoms with Gasteiger partial charge in [0.2, 0.25) is 10.0 Å². The van der Waals surface area contributed by atoms with Gasteiger partial charge in [0.15, 0.2) is 9.84 Å². The van der Waals surface area contributed by atoms with Gasteiger partial charge in [0, 0.05) is 26.5 Å². The number of sulfone groups is 1. The highest BCUT2D eigenvalue weighted by Crippen LogP contribution is 2.19. The van der Waals surface area contributed by atoms with Crippen LogP contribution in [-0.2, 0) is 24.6 Å². The Hall–Kier alpha value is -1.03. The lowest BCUT2D eigenvalue weighted by Crippen LogP contribution is -2.26. The quantitative estimate of drug-likeness (QED) is 0.584. The van der Waals surface area contributed by atoms with E-state index < -0.39 is 30.6 Å². The lowest BCUT2D eigenvalue weighted by molar-refractivity contribution is 0.196. The van der Waals surface area contributed by atoms with Crippen molar-refractivity contribution in [1.29, 1.82) is 0 Å². The Bertz CT molecular complexity index is 670. The van der Waals surface area contributed by atoms with E-state index in [2.05, 4.69) is 4.72 Å². The molecule has 20 heavy (non-hydrogen) atoms. The van der Waals surface area contributed by atoms with E-state index in [-0.39, 0.29) is 11.4 Å². The van der Waals surface area contributed by atoms with Gasteiger partial charge in [0.1, 0.15) is 10.7 Å². The van der Waals surface area contributed by atoms with Gasteiger partial charge in [0.05, 0.1) is 4.90 Å². The lowest BCUT2D eigenvalue weighted by Gasteiger charge is -2.08. The summed E-state index contributed by atoms with van der Waals surface area (Å²) in [6.45, 7) is 0.424. The van der Waals surface area contributed by atoms with Crippen LogP contribution in [0.15, 0.2) is 28.0 Å². The first-order valence-corrected chi connectivity index (χ1v) is 9.04. The number of methoxy groups -OCH3 is 1. The van der Waals surface area contributed by atoms with Crippen LogP contribution in [0.1, 0.15) is 6.42 Å². The molecule has 0 unspecified atom stereocenters. The third kappa shape index (κ3) is 4.51. The second-order valence-corrected chi connectivity index (χ2v) is 7.86. The molecule has 1 rings (SSSR count). The number of hydrogen-bond acceptors (Lipinski definition) is 5. The van der Waals surface area contributed by atoms with E-state index in [9.17, 15) is 21.2 Å². The fourth-order valence-corrected chi connectivity index (χ4v) is 3.32. The minimum atomic E-state index is -4.10. The molecule has 0 atom stereocenters. The first-order valence-electron chi connectivity index (χ1n) is 5.66. The second kappa shape index (κ2) is 6.61. The highest BCUT2D eigenvalue weighted by Gasteiger charge is 2.21. The summed E-state index contributed by atoms with van der Waals surface area (Å²) >= 11 is 0. The average molecular weight is 325 g/mol. The van der Waals surface area contributed by atoms with Crippen molar-refractivity contribution in [2.45, 2.75) is 16.2 Å². The average Bonchev–Trinajstić information content (AvgIpc) is 2.33. The van der Waals surface area contributed by atoms with E-state index in [1.807, 2.05) is 0 Å². The highest BCUT2D eigenvalue weighted by molar-refractivity contribution is 7.91. The molecule has 0 aliphatic rings. The van der Waals surface area contributed by atoms with Gasteiger partial charge in [-0.1, -0.05) is 0 Å². The van der Waals surface area contributed by atoms with Crippen LogP contribution in [0.3, 0.4) is 0 Å².